The van der Waals surface area contributed by atoms with Crippen molar-refractivity contribution in [1.82, 2.24) is 5.32 Å². The van der Waals surface area contributed by atoms with Crippen molar-refractivity contribution in [1.29, 1.82) is 0 Å². The van der Waals surface area contributed by atoms with Gasteiger partial charge in [0, 0.05) is 13.1 Å². The maximum Gasteiger partial charge on any atom is 0.310 e. The standard InChI is InChI=1S/C12H23NO2/c1-4-6-12(7-5-2)9-13-8-10(12)11(14)15-3/h10,13H,4-9H2,1-3H3. The van der Waals surface area contributed by atoms with E-state index >= 15 is 0 Å². The van der Waals surface area contributed by atoms with E-state index in [1.807, 2.05) is 0 Å². The zero-order valence-corrected chi connectivity index (χ0v) is 10.1. The molecule has 1 saturated heterocycles. The number of carbonyl (C=O) groups is 1. The van der Waals surface area contributed by atoms with Gasteiger partial charge in [0.15, 0.2) is 0 Å². The second-order valence-corrected chi connectivity index (χ2v) is 4.57. The van der Waals surface area contributed by atoms with Crippen LogP contribution in [0.2, 0.25) is 0 Å². The molecule has 1 aliphatic heterocycles. The third kappa shape index (κ3) is 2.51. The highest BCUT2D eigenvalue weighted by atomic mass is 16.5. The topological polar surface area (TPSA) is 38.3 Å². The van der Waals surface area contributed by atoms with Crippen molar-refractivity contribution >= 4 is 5.97 Å². The molecule has 0 bridgehead atoms. The molecule has 0 aromatic carbocycles. The van der Waals surface area contributed by atoms with Crippen LogP contribution in [-0.2, 0) is 9.53 Å². The molecular weight excluding hydrogens is 190 g/mol. The molecule has 88 valence electrons. The summed E-state index contributed by atoms with van der Waals surface area (Å²) >= 11 is 0. The minimum absolute atomic E-state index is 0.0399. The minimum Gasteiger partial charge on any atom is -0.469 e. The van der Waals surface area contributed by atoms with E-state index in [-0.39, 0.29) is 17.3 Å². The quantitative estimate of drug-likeness (QED) is 0.710. The molecule has 0 aromatic rings. The maximum absolute atomic E-state index is 11.7. The average Bonchev–Trinajstić information content (AvgIpc) is 2.62. The van der Waals surface area contributed by atoms with Crippen molar-refractivity contribution in [2.24, 2.45) is 11.3 Å². The van der Waals surface area contributed by atoms with Gasteiger partial charge in [-0.3, -0.25) is 4.79 Å². The number of hydrogen-bond acceptors (Lipinski definition) is 3. The van der Waals surface area contributed by atoms with Crippen molar-refractivity contribution in [2.75, 3.05) is 20.2 Å². The summed E-state index contributed by atoms with van der Waals surface area (Å²) in [5, 5.41) is 3.35. The summed E-state index contributed by atoms with van der Waals surface area (Å²) in [6.07, 6.45) is 4.51. The first kappa shape index (κ1) is 12.5. The fraction of sp³-hybridized carbons (Fsp3) is 0.917. The molecule has 0 spiro atoms. The Labute approximate surface area is 92.6 Å². The molecular formula is C12H23NO2. The predicted octanol–water partition coefficient (Wildman–Crippen LogP) is 1.97. The van der Waals surface area contributed by atoms with Crippen molar-refractivity contribution in [3.05, 3.63) is 0 Å². The van der Waals surface area contributed by atoms with E-state index < -0.39 is 0 Å². The SMILES string of the molecule is CCCC1(CCC)CNCC1C(=O)OC. The van der Waals surface area contributed by atoms with E-state index in [1.54, 1.807) is 0 Å². The third-order valence-electron chi connectivity index (χ3n) is 3.55. The van der Waals surface area contributed by atoms with Crippen molar-refractivity contribution in [2.45, 2.75) is 39.5 Å². The molecule has 1 fully saturated rings. The lowest BCUT2D eigenvalue weighted by atomic mass is 9.71. The Bertz CT molecular complexity index is 210. The van der Waals surface area contributed by atoms with Crippen LogP contribution < -0.4 is 5.32 Å². The van der Waals surface area contributed by atoms with Crippen molar-refractivity contribution in [3.8, 4) is 0 Å². The largest absolute Gasteiger partial charge is 0.469 e. The Morgan fingerprint density at radius 1 is 1.40 bits per heavy atom. The summed E-state index contributed by atoms with van der Waals surface area (Å²) in [4.78, 5) is 11.7. The van der Waals surface area contributed by atoms with Gasteiger partial charge in [-0.05, 0) is 18.3 Å². The summed E-state index contributed by atoms with van der Waals surface area (Å²) in [7, 11) is 1.49. The summed E-state index contributed by atoms with van der Waals surface area (Å²) in [5.74, 6) is 0.0179. The lowest BCUT2D eigenvalue weighted by molar-refractivity contribution is -0.148. The van der Waals surface area contributed by atoms with Gasteiger partial charge in [-0.15, -0.1) is 0 Å². The van der Waals surface area contributed by atoms with Crippen LogP contribution in [0.1, 0.15) is 39.5 Å². The number of ether oxygens (including phenoxy) is 1. The lowest BCUT2D eigenvalue weighted by Gasteiger charge is -2.32. The molecule has 1 rings (SSSR count). The van der Waals surface area contributed by atoms with Crippen LogP contribution in [0.5, 0.6) is 0 Å². The third-order valence-corrected chi connectivity index (χ3v) is 3.55. The molecule has 1 heterocycles. The Morgan fingerprint density at radius 3 is 2.47 bits per heavy atom. The Balaban J connectivity index is 2.78. The molecule has 3 nitrogen and oxygen atoms in total. The highest BCUT2D eigenvalue weighted by Gasteiger charge is 2.45. The van der Waals surface area contributed by atoms with Gasteiger partial charge in [0.25, 0.3) is 0 Å². The number of esters is 1. The highest BCUT2D eigenvalue weighted by Crippen LogP contribution is 2.41. The van der Waals surface area contributed by atoms with Gasteiger partial charge in [-0.2, -0.15) is 0 Å². The van der Waals surface area contributed by atoms with E-state index in [9.17, 15) is 4.79 Å². The Morgan fingerprint density at radius 2 is 2.00 bits per heavy atom. The van der Waals surface area contributed by atoms with Crippen LogP contribution in [0.3, 0.4) is 0 Å². The van der Waals surface area contributed by atoms with E-state index in [2.05, 4.69) is 19.2 Å². The van der Waals surface area contributed by atoms with E-state index in [0.29, 0.717) is 0 Å². The molecule has 0 aromatic heterocycles. The number of methoxy groups -OCH3 is 1. The van der Waals surface area contributed by atoms with Crippen LogP contribution in [0.15, 0.2) is 0 Å². The highest BCUT2D eigenvalue weighted by molar-refractivity contribution is 5.74. The average molecular weight is 213 g/mol. The van der Waals surface area contributed by atoms with Gasteiger partial charge >= 0.3 is 5.97 Å². The maximum atomic E-state index is 11.7. The van der Waals surface area contributed by atoms with E-state index in [1.165, 1.54) is 7.11 Å². The molecule has 0 aliphatic carbocycles. The zero-order chi connectivity index (χ0) is 11.3. The van der Waals surface area contributed by atoms with Gasteiger partial charge in [-0.1, -0.05) is 26.7 Å². The van der Waals surface area contributed by atoms with Gasteiger partial charge in [0.1, 0.15) is 0 Å². The van der Waals surface area contributed by atoms with Gasteiger partial charge in [-0.25, -0.2) is 0 Å². The van der Waals surface area contributed by atoms with Gasteiger partial charge < -0.3 is 10.1 Å². The first-order chi connectivity index (χ1) is 7.20. The first-order valence-corrected chi connectivity index (χ1v) is 5.98. The fourth-order valence-corrected chi connectivity index (χ4v) is 2.93. The second kappa shape index (κ2) is 5.50. The molecule has 15 heavy (non-hydrogen) atoms. The Kier molecular flexibility index (Phi) is 4.58. The van der Waals surface area contributed by atoms with Crippen LogP contribution in [-0.4, -0.2) is 26.2 Å². The van der Waals surface area contributed by atoms with Crippen LogP contribution in [0, 0.1) is 11.3 Å². The summed E-state index contributed by atoms with van der Waals surface area (Å²) in [6.45, 7) is 6.12. The lowest BCUT2D eigenvalue weighted by Crippen LogP contribution is -2.35. The molecule has 1 N–H and O–H groups in total. The van der Waals surface area contributed by atoms with Crippen molar-refractivity contribution < 1.29 is 9.53 Å². The number of hydrogen-bond donors (Lipinski definition) is 1. The molecule has 0 amide bonds. The Hall–Kier alpha value is -0.570. The predicted molar refractivity (Wildman–Crippen MR) is 60.6 cm³/mol. The van der Waals surface area contributed by atoms with E-state index in [0.717, 1.165) is 38.8 Å². The fourth-order valence-electron chi connectivity index (χ4n) is 2.93. The number of rotatable bonds is 5. The zero-order valence-electron chi connectivity index (χ0n) is 10.1. The van der Waals surface area contributed by atoms with Crippen molar-refractivity contribution in [3.63, 3.8) is 0 Å². The van der Waals surface area contributed by atoms with Crippen LogP contribution in [0.4, 0.5) is 0 Å². The monoisotopic (exact) mass is 213 g/mol. The van der Waals surface area contributed by atoms with Gasteiger partial charge in [0.05, 0.1) is 13.0 Å². The smallest absolute Gasteiger partial charge is 0.310 e. The number of carbonyl (C=O) groups excluding carboxylic acids is 1. The molecule has 0 radical (unpaired) electrons. The summed E-state index contributed by atoms with van der Waals surface area (Å²) in [5.41, 5.74) is 0.149. The van der Waals surface area contributed by atoms with Crippen LogP contribution >= 0.6 is 0 Å². The molecule has 3 heteroatoms. The molecule has 1 unspecified atom stereocenters. The molecule has 1 atom stereocenters. The molecule has 0 saturated carbocycles. The minimum atomic E-state index is -0.0399. The summed E-state index contributed by atoms with van der Waals surface area (Å²) < 4.78 is 4.90. The second-order valence-electron chi connectivity index (χ2n) is 4.57. The van der Waals surface area contributed by atoms with Crippen LogP contribution in [0.25, 0.3) is 0 Å². The first-order valence-electron chi connectivity index (χ1n) is 5.98. The molecule has 1 aliphatic rings. The van der Waals surface area contributed by atoms with E-state index in [4.69, 9.17) is 4.74 Å². The summed E-state index contributed by atoms with van der Waals surface area (Å²) in [6, 6.07) is 0. The normalized spacial score (nSPS) is 24.1. The van der Waals surface area contributed by atoms with Gasteiger partial charge in [0.2, 0.25) is 0 Å². The number of nitrogens with one attached hydrogen (secondary N) is 1.